The molecule has 1 aliphatic carbocycles. The summed E-state index contributed by atoms with van der Waals surface area (Å²) >= 11 is 0. The van der Waals surface area contributed by atoms with Gasteiger partial charge in [-0.3, -0.25) is 0 Å². The van der Waals surface area contributed by atoms with Crippen LogP contribution in [-0.2, 0) is 0 Å². The molecule has 0 atom stereocenters. The molecule has 17 heavy (non-hydrogen) atoms. The molecule has 0 amide bonds. The first kappa shape index (κ1) is 10.5. The van der Waals surface area contributed by atoms with E-state index in [1.54, 1.807) is 0 Å². The highest BCUT2D eigenvalue weighted by atomic mass is 15.1. The van der Waals surface area contributed by atoms with Gasteiger partial charge < -0.3 is 11.1 Å². The summed E-state index contributed by atoms with van der Waals surface area (Å²) in [4.78, 5) is 8.75. The van der Waals surface area contributed by atoms with E-state index >= 15 is 0 Å². The van der Waals surface area contributed by atoms with Crippen LogP contribution in [0.4, 0.5) is 5.95 Å². The standard InChI is InChI=1S/C13H16N4/c14-13(6-3-7-13)9-16-12-15-8-10-4-1-2-5-11(10)17-12/h1-2,4-5,8H,3,6-7,9,14H2,(H,15,16,17). The first-order valence-electron chi connectivity index (χ1n) is 6.00. The monoisotopic (exact) mass is 228 g/mol. The van der Waals surface area contributed by atoms with Crippen molar-refractivity contribution < 1.29 is 0 Å². The molecule has 0 aliphatic heterocycles. The number of nitrogens with zero attached hydrogens (tertiary/aromatic N) is 2. The molecule has 0 unspecified atom stereocenters. The summed E-state index contributed by atoms with van der Waals surface area (Å²) in [5.41, 5.74) is 7.06. The minimum absolute atomic E-state index is 0.0466. The Morgan fingerprint density at radius 3 is 2.88 bits per heavy atom. The molecule has 88 valence electrons. The summed E-state index contributed by atoms with van der Waals surface area (Å²) in [6.07, 6.45) is 5.26. The number of hydrogen-bond acceptors (Lipinski definition) is 4. The maximum atomic E-state index is 6.15. The molecular weight excluding hydrogens is 212 g/mol. The Bertz CT molecular complexity index is 534. The lowest BCUT2D eigenvalue weighted by molar-refractivity contribution is 0.265. The molecule has 0 spiro atoms. The molecule has 4 nitrogen and oxygen atoms in total. The van der Waals surface area contributed by atoms with Crippen LogP contribution in [0.2, 0.25) is 0 Å². The molecule has 0 radical (unpaired) electrons. The number of fused-ring (bicyclic) bond motifs is 1. The van der Waals surface area contributed by atoms with Gasteiger partial charge in [0.25, 0.3) is 0 Å². The first-order valence-corrected chi connectivity index (χ1v) is 6.00. The van der Waals surface area contributed by atoms with Gasteiger partial charge >= 0.3 is 0 Å². The number of nitrogens with one attached hydrogen (secondary N) is 1. The van der Waals surface area contributed by atoms with E-state index < -0.39 is 0 Å². The average Bonchev–Trinajstić information content (AvgIpc) is 2.34. The van der Waals surface area contributed by atoms with E-state index in [2.05, 4.69) is 15.3 Å². The lowest BCUT2D eigenvalue weighted by Gasteiger charge is -2.38. The lowest BCUT2D eigenvalue weighted by Crippen LogP contribution is -2.52. The van der Waals surface area contributed by atoms with Crippen LogP contribution in [0.5, 0.6) is 0 Å². The molecule has 1 heterocycles. The maximum Gasteiger partial charge on any atom is 0.223 e. The number of hydrogen-bond donors (Lipinski definition) is 2. The molecule has 0 saturated heterocycles. The van der Waals surface area contributed by atoms with Crippen molar-refractivity contribution in [2.24, 2.45) is 5.73 Å². The van der Waals surface area contributed by atoms with Crippen LogP contribution in [0.1, 0.15) is 19.3 Å². The summed E-state index contributed by atoms with van der Waals surface area (Å²) in [6.45, 7) is 0.755. The third kappa shape index (κ3) is 2.08. The van der Waals surface area contributed by atoms with Crippen molar-refractivity contribution in [3.8, 4) is 0 Å². The van der Waals surface area contributed by atoms with Crippen molar-refractivity contribution in [3.05, 3.63) is 30.5 Å². The zero-order chi connectivity index (χ0) is 11.7. The fourth-order valence-electron chi connectivity index (χ4n) is 2.12. The second-order valence-corrected chi connectivity index (χ2v) is 4.82. The van der Waals surface area contributed by atoms with Crippen LogP contribution in [0.3, 0.4) is 0 Å². The molecule has 1 saturated carbocycles. The maximum absolute atomic E-state index is 6.15. The summed E-state index contributed by atoms with van der Waals surface area (Å²) < 4.78 is 0. The molecule has 2 aromatic rings. The molecule has 4 heteroatoms. The predicted molar refractivity (Wildman–Crippen MR) is 68.8 cm³/mol. The van der Waals surface area contributed by atoms with Crippen molar-refractivity contribution in [1.29, 1.82) is 0 Å². The number of nitrogens with two attached hydrogens (primary N) is 1. The van der Waals surface area contributed by atoms with Gasteiger partial charge in [0, 0.05) is 23.7 Å². The number of aromatic nitrogens is 2. The van der Waals surface area contributed by atoms with Gasteiger partial charge in [0.1, 0.15) is 0 Å². The Balaban J connectivity index is 1.76. The highest BCUT2D eigenvalue weighted by Crippen LogP contribution is 2.28. The van der Waals surface area contributed by atoms with Gasteiger partial charge in [-0.1, -0.05) is 18.2 Å². The van der Waals surface area contributed by atoms with E-state index in [1.807, 2.05) is 30.5 Å². The molecule has 1 fully saturated rings. The Kier molecular flexibility index (Phi) is 2.44. The molecule has 3 N–H and O–H groups in total. The Morgan fingerprint density at radius 1 is 1.29 bits per heavy atom. The molecule has 0 bridgehead atoms. The van der Waals surface area contributed by atoms with Crippen molar-refractivity contribution >= 4 is 16.9 Å². The van der Waals surface area contributed by atoms with Crippen molar-refractivity contribution in [3.63, 3.8) is 0 Å². The molecule has 1 aromatic heterocycles. The SMILES string of the molecule is NC1(CNc2ncc3ccccc3n2)CCC1. The number of rotatable bonds is 3. The number of benzene rings is 1. The lowest BCUT2D eigenvalue weighted by atomic mass is 9.78. The van der Waals surface area contributed by atoms with Gasteiger partial charge in [0.15, 0.2) is 0 Å². The summed E-state index contributed by atoms with van der Waals surface area (Å²) in [6, 6.07) is 7.97. The zero-order valence-corrected chi connectivity index (χ0v) is 9.69. The first-order chi connectivity index (χ1) is 8.25. The summed E-state index contributed by atoms with van der Waals surface area (Å²) in [5, 5.41) is 4.29. The zero-order valence-electron chi connectivity index (χ0n) is 9.69. The van der Waals surface area contributed by atoms with Crippen molar-refractivity contribution in [1.82, 2.24) is 9.97 Å². The van der Waals surface area contributed by atoms with E-state index in [9.17, 15) is 0 Å². The second kappa shape index (κ2) is 3.96. The Morgan fingerprint density at radius 2 is 2.12 bits per heavy atom. The van der Waals surface area contributed by atoms with Crippen LogP contribution in [-0.4, -0.2) is 22.1 Å². The minimum atomic E-state index is -0.0466. The predicted octanol–water partition coefficient (Wildman–Crippen LogP) is 1.92. The third-order valence-electron chi connectivity index (χ3n) is 3.44. The van der Waals surface area contributed by atoms with Crippen molar-refractivity contribution in [2.75, 3.05) is 11.9 Å². The number of anilines is 1. The van der Waals surface area contributed by atoms with E-state index in [4.69, 9.17) is 5.73 Å². The van der Waals surface area contributed by atoms with E-state index in [0.717, 1.165) is 30.3 Å². The Hall–Kier alpha value is -1.68. The smallest absolute Gasteiger partial charge is 0.223 e. The molecular formula is C13H16N4. The largest absolute Gasteiger partial charge is 0.352 e. The summed E-state index contributed by atoms with van der Waals surface area (Å²) in [7, 11) is 0. The summed E-state index contributed by atoms with van der Waals surface area (Å²) in [5.74, 6) is 0.667. The molecule has 3 rings (SSSR count). The van der Waals surface area contributed by atoms with Crippen LogP contribution in [0.15, 0.2) is 30.5 Å². The fraction of sp³-hybridized carbons (Fsp3) is 0.385. The van der Waals surface area contributed by atoms with Gasteiger partial charge in [0.2, 0.25) is 5.95 Å². The topological polar surface area (TPSA) is 63.8 Å². The van der Waals surface area contributed by atoms with E-state index in [-0.39, 0.29) is 5.54 Å². The second-order valence-electron chi connectivity index (χ2n) is 4.82. The van der Waals surface area contributed by atoms with Crippen LogP contribution in [0.25, 0.3) is 10.9 Å². The normalized spacial score (nSPS) is 17.7. The third-order valence-corrected chi connectivity index (χ3v) is 3.44. The minimum Gasteiger partial charge on any atom is -0.352 e. The highest BCUT2D eigenvalue weighted by Gasteiger charge is 2.32. The van der Waals surface area contributed by atoms with E-state index in [1.165, 1.54) is 6.42 Å². The van der Waals surface area contributed by atoms with Gasteiger partial charge in [-0.2, -0.15) is 0 Å². The fourth-order valence-corrected chi connectivity index (χ4v) is 2.12. The van der Waals surface area contributed by atoms with E-state index in [0.29, 0.717) is 5.95 Å². The molecule has 1 aromatic carbocycles. The average molecular weight is 228 g/mol. The highest BCUT2D eigenvalue weighted by molar-refractivity contribution is 5.78. The van der Waals surface area contributed by atoms with Crippen LogP contribution >= 0.6 is 0 Å². The van der Waals surface area contributed by atoms with Gasteiger partial charge in [-0.25, -0.2) is 9.97 Å². The Labute approximate surface area is 100 Å². The van der Waals surface area contributed by atoms with Gasteiger partial charge in [-0.15, -0.1) is 0 Å². The quantitative estimate of drug-likeness (QED) is 0.842. The number of para-hydroxylation sites is 1. The van der Waals surface area contributed by atoms with Crippen LogP contribution < -0.4 is 11.1 Å². The van der Waals surface area contributed by atoms with Gasteiger partial charge in [-0.05, 0) is 25.3 Å². The van der Waals surface area contributed by atoms with Crippen LogP contribution in [0, 0.1) is 0 Å². The molecule has 1 aliphatic rings. The van der Waals surface area contributed by atoms with Crippen molar-refractivity contribution in [2.45, 2.75) is 24.8 Å². The van der Waals surface area contributed by atoms with Gasteiger partial charge in [0.05, 0.1) is 5.52 Å².